The van der Waals surface area contributed by atoms with Crippen molar-refractivity contribution in [3.05, 3.63) is 47.3 Å². The third-order valence-electron chi connectivity index (χ3n) is 3.83. The van der Waals surface area contributed by atoms with Gasteiger partial charge in [0.2, 0.25) is 0 Å². The van der Waals surface area contributed by atoms with E-state index in [9.17, 15) is 4.39 Å². The summed E-state index contributed by atoms with van der Waals surface area (Å²) < 4.78 is 24.7. The highest BCUT2D eigenvalue weighted by molar-refractivity contribution is 5.57. The Kier molecular flexibility index (Phi) is 3.69. The smallest absolute Gasteiger partial charge is 0.168 e. The van der Waals surface area contributed by atoms with E-state index in [-0.39, 0.29) is 11.4 Å². The molecule has 3 rings (SSSR count). The van der Waals surface area contributed by atoms with Crippen LogP contribution in [-0.2, 0) is 12.8 Å². The lowest BCUT2D eigenvalue weighted by atomic mass is 9.92. The van der Waals surface area contributed by atoms with Crippen LogP contribution in [0.5, 0.6) is 17.2 Å². The maximum atomic E-state index is 13.9. The number of nitrogen functional groups attached to an aromatic ring is 1. The summed E-state index contributed by atoms with van der Waals surface area (Å²) in [5, 5.41) is 0. The number of benzene rings is 2. The molecule has 0 amide bonds. The number of methoxy groups -OCH3 is 1. The average molecular weight is 287 g/mol. The Labute approximate surface area is 123 Å². The van der Waals surface area contributed by atoms with Gasteiger partial charge in [-0.3, -0.25) is 0 Å². The summed E-state index contributed by atoms with van der Waals surface area (Å²) in [5.74, 6) is 0.675. The fourth-order valence-corrected chi connectivity index (χ4v) is 2.71. The molecule has 0 atom stereocenters. The van der Waals surface area contributed by atoms with Crippen LogP contribution in [-0.4, -0.2) is 7.11 Å². The Bertz CT molecular complexity index is 670. The Hall–Kier alpha value is -2.23. The highest BCUT2D eigenvalue weighted by atomic mass is 19.1. The van der Waals surface area contributed by atoms with Gasteiger partial charge in [0.1, 0.15) is 11.5 Å². The molecule has 4 heteroatoms. The molecule has 2 aromatic carbocycles. The predicted octanol–water partition coefficient (Wildman–Crippen LogP) is 4.09. The maximum absolute atomic E-state index is 13.9. The molecule has 110 valence electrons. The fourth-order valence-electron chi connectivity index (χ4n) is 2.71. The second-order valence-corrected chi connectivity index (χ2v) is 5.26. The Morgan fingerprint density at radius 3 is 2.52 bits per heavy atom. The van der Waals surface area contributed by atoms with Crippen molar-refractivity contribution in [3.63, 3.8) is 0 Å². The maximum Gasteiger partial charge on any atom is 0.168 e. The molecule has 21 heavy (non-hydrogen) atoms. The summed E-state index contributed by atoms with van der Waals surface area (Å²) in [5.41, 5.74) is 8.58. The van der Waals surface area contributed by atoms with E-state index in [1.54, 1.807) is 0 Å². The zero-order valence-corrected chi connectivity index (χ0v) is 12.0. The number of fused-ring (bicyclic) bond motifs is 1. The van der Waals surface area contributed by atoms with Crippen molar-refractivity contribution in [1.82, 2.24) is 0 Å². The minimum Gasteiger partial charge on any atom is -0.494 e. The second-order valence-electron chi connectivity index (χ2n) is 5.26. The molecule has 0 bridgehead atoms. The van der Waals surface area contributed by atoms with Crippen molar-refractivity contribution in [3.8, 4) is 17.2 Å². The summed E-state index contributed by atoms with van der Waals surface area (Å²) in [6.07, 6.45) is 4.59. The summed E-state index contributed by atoms with van der Waals surface area (Å²) >= 11 is 0. The highest BCUT2D eigenvalue weighted by Crippen LogP contribution is 2.34. The molecular weight excluding hydrogens is 269 g/mol. The van der Waals surface area contributed by atoms with Crippen molar-refractivity contribution < 1.29 is 13.9 Å². The first-order valence-corrected chi connectivity index (χ1v) is 7.10. The van der Waals surface area contributed by atoms with Gasteiger partial charge in [-0.25, -0.2) is 4.39 Å². The fraction of sp³-hybridized carbons (Fsp3) is 0.294. The van der Waals surface area contributed by atoms with Gasteiger partial charge in [0, 0.05) is 12.1 Å². The van der Waals surface area contributed by atoms with Crippen LogP contribution in [0, 0.1) is 5.82 Å². The van der Waals surface area contributed by atoms with Crippen LogP contribution in [0.25, 0.3) is 0 Å². The molecule has 0 radical (unpaired) electrons. The lowest BCUT2D eigenvalue weighted by Gasteiger charge is -2.17. The second kappa shape index (κ2) is 5.64. The zero-order chi connectivity index (χ0) is 14.8. The van der Waals surface area contributed by atoms with Crippen LogP contribution < -0.4 is 15.2 Å². The molecule has 0 heterocycles. The normalized spacial score (nSPS) is 13.6. The molecule has 0 saturated carbocycles. The Morgan fingerprint density at radius 1 is 1.00 bits per heavy atom. The van der Waals surface area contributed by atoms with Crippen molar-refractivity contribution >= 4 is 5.69 Å². The molecule has 0 unspecified atom stereocenters. The van der Waals surface area contributed by atoms with Gasteiger partial charge in [0.15, 0.2) is 11.6 Å². The highest BCUT2D eigenvalue weighted by Gasteiger charge is 2.13. The van der Waals surface area contributed by atoms with Gasteiger partial charge in [-0.2, -0.15) is 0 Å². The number of hydrogen-bond donors (Lipinski definition) is 1. The average Bonchev–Trinajstić information content (AvgIpc) is 2.50. The minimum atomic E-state index is -0.494. The van der Waals surface area contributed by atoms with Gasteiger partial charge in [0.05, 0.1) is 12.8 Å². The van der Waals surface area contributed by atoms with E-state index in [0.717, 1.165) is 12.8 Å². The van der Waals surface area contributed by atoms with E-state index in [2.05, 4.69) is 6.07 Å². The third-order valence-corrected chi connectivity index (χ3v) is 3.83. The summed E-state index contributed by atoms with van der Waals surface area (Å²) in [4.78, 5) is 0. The lowest BCUT2D eigenvalue weighted by Crippen LogP contribution is -2.02. The SMILES string of the molecule is COc1cc(Oc2ccc3c(c2)CCCC3)c(F)cc1N. The van der Waals surface area contributed by atoms with Crippen LogP contribution in [0.3, 0.4) is 0 Å². The first-order chi connectivity index (χ1) is 10.2. The molecule has 0 fully saturated rings. The van der Waals surface area contributed by atoms with Crippen LogP contribution in [0.4, 0.5) is 10.1 Å². The molecule has 0 saturated heterocycles. The van der Waals surface area contributed by atoms with Crippen molar-refractivity contribution in [1.29, 1.82) is 0 Å². The van der Waals surface area contributed by atoms with E-state index in [1.165, 1.54) is 43.2 Å². The van der Waals surface area contributed by atoms with Gasteiger partial charge in [-0.15, -0.1) is 0 Å². The monoisotopic (exact) mass is 287 g/mol. The van der Waals surface area contributed by atoms with Gasteiger partial charge >= 0.3 is 0 Å². The summed E-state index contributed by atoms with van der Waals surface area (Å²) in [7, 11) is 1.49. The van der Waals surface area contributed by atoms with Crippen LogP contribution in [0.15, 0.2) is 30.3 Å². The van der Waals surface area contributed by atoms with Crippen LogP contribution in [0.2, 0.25) is 0 Å². The molecule has 1 aliphatic carbocycles. The number of aryl methyl sites for hydroxylation is 2. The molecule has 2 N–H and O–H groups in total. The van der Waals surface area contributed by atoms with E-state index < -0.39 is 5.82 Å². The molecule has 0 aromatic heterocycles. The Morgan fingerprint density at radius 2 is 1.76 bits per heavy atom. The standard InChI is InChI=1S/C17H18FNO2/c1-20-17-10-16(14(18)9-15(17)19)21-13-7-6-11-4-2-3-5-12(11)8-13/h6-10H,2-5,19H2,1H3. The first kappa shape index (κ1) is 13.7. The topological polar surface area (TPSA) is 44.5 Å². The van der Waals surface area contributed by atoms with Crippen molar-refractivity contribution in [2.24, 2.45) is 0 Å². The number of hydrogen-bond acceptors (Lipinski definition) is 3. The Balaban J connectivity index is 1.90. The largest absolute Gasteiger partial charge is 0.494 e. The molecule has 0 spiro atoms. The van der Waals surface area contributed by atoms with Crippen molar-refractivity contribution in [2.45, 2.75) is 25.7 Å². The van der Waals surface area contributed by atoms with Gasteiger partial charge in [0.25, 0.3) is 0 Å². The van der Waals surface area contributed by atoms with E-state index >= 15 is 0 Å². The number of nitrogens with two attached hydrogens (primary N) is 1. The number of rotatable bonds is 3. The first-order valence-electron chi connectivity index (χ1n) is 7.10. The molecule has 2 aromatic rings. The van der Waals surface area contributed by atoms with Crippen LogP contribution in [0.1, 0.15) is 24.0 Å². The van der Waals surface area contributed by atoms with Gasteiger partial charge in [-0.1, -0.05) is 6.07 Å². The van der Waals surface area contributed by atoms with Crippen LogP contribution >= 0.6 is 0 Å². The molecular formula is C17H18FNO2. The molecule has 0 aliphatic heterocycles. The van der Waals surface area contributed by atoms with E-state index in [0.29, 0.717) is 11.5 Å². The van der Waals surface area contributed by atoms with Crippen molar-refractivity contribution in [2.75, 3.05) is 12.8 Å². The lowest BCUT2D eigenvalue weighted by molar-refractivity contribution is 0.403. The number of halogens is 1. The summed E-state index contributed by atoms with van der Waals surface area (Å²) in [6, 6.07) is 8.64. The minimum absolute atomic E-state index is 0.122. The number of anilines is 1. The van der Waals surface area contributed by atoms with Gasteiger partial charge < -0.3 is 15.2 Å². The van der Waals surface area contributed by atoms with E-state index in [1.807, 2.05) is 12.1 Å². The zero-order valence-electron chi connectivity index (χ0n) is 12.0. The molecule has 3 nitrogen and oxygen atoms in total. The van der Waals surface area contributed by atoms with Gasteiger partial charge in [-0.05, 0) is 48.9 Å². The quantitative estimate of drug-likeness (QED) is 0.865. The molecule has 1 aliphatic rings. The predicted molar refractivity (Wildman–Crippen MR) is 80.5 cm³/mol. The number of ether oxygens (including phenoxy) is 2. The summed E-state index contributed by atoms with van der Waals surface area (Å²) in [6.45, 7) is 0. The van der Waals surface area contributed by atoms with E-state index in [4.69, 9.17) is 15.2 Å². The third kappa shape index (κ3) is 2.79.